The lowest BCUT2D eigenvalue weighted by atomic mass is 10.1. The zero-order valence-corrected chi connectivity index (χ0v) is 10.4. The van der Waals surface area contributed by atoms with Gasteiger partial charge in [-0.25, -0.2) is 0 Å². The van der Waals surface area contributed by atoms with Gasteiger partial charge in [-0.3, -0.25) is 0 Å². The van der Waals surface area contributed by atoms with E-state index in [-0.39, 0.29) is 0 Å². The largest absolute Gasteiger partial charge is 0.377 e. The number of ether oxygens (including phenoxy) is 1. The van der Waals surface area contributed by atoms with E-state index in [1.54, 1.807) is 0 Å². The van der Waals surface area contributed by atoms with Crippen LogP contribution in [-0.4, -0.2) is 29.9 Å². The highest BCUT2D eigenvalue weighted by molar-refractivity contribution is 5.20. The SMILES string of the molecule is CC(C)c1noc(NCCC2=CCOCC2)n1. The Balaban J connectivity index is 1.75. The fraction of sp³-hybridized carbons (Fsp3) is 0.667. The fourth-order valence-electron chi connectivity index (χ4n) is 1.66. The van der Waals surface area contributed by atoms with E-state index >= 15 is 0 Å². The number of hydrogen-bond acceptors (Lipinski definition) is 5. The first kappa shape index (κ1) is 12.1. The highest BCUT2D eigenvalue weighted by Crippen LogP contribution is 2.14. The molecule has 0 atom stereocenters. The van der Waals surface area contributed by atoms with Crippen LogP contribution in [-0.2, 0) is 4.74 Å². The van der Waals surface area contributed by atoms with E-state index in [4.69, 9.17) is 9.26 Å². The van der Waals surface area contributed by atoms with Crippen molar-refractivity contribution in [1.82, 2.24) is 10.1 Å². The molecule has 0 aliphatic carbocycles. The van der Waals surface area contributed by atoms with Gasteiger partial charge in [-0.15, -0.1) is 0 Å². The third kappa shape index (κ3) is 3.56. The second-order valence-corrected chi connectivity index (χ2v) is 4.48. The van der Waals surface area contributed by atoms with Crippen molar-refractivity contribution in [2.45, 2.75) is 32.6 Å². The van der Waals surface area contributed by atoms with E-state index in [2.05, 4.69) is 21.5 Å². The van der Waals surface area contributed by atoms with Gasteiger partial charge in [-0.2, -0.15) is 4.98 Å². The Hall–Kier alpha value is -1.36. The minimum Gasteiger partial charge on any atom is -0.377 e. The maximum absolute atomic E-state index is 5.26. The quantitative estimate of drug-likeness (QED) is 0.796. The smallest absolute Gasteiger partial charge is 0.321 e. The van der Waals surface area contributed by atoms with Crippen molar-refractivity contribution in [2.24, 2.45) is 0 Å². The number of nitrogens with zero attached hydrogens (tertiary/aromatic N) is 2. The Labute approximate surface area is 101 Å². The number of rotatable bonds is 5. The van der Waals surface area contributed by atoms with Crippen LogP contribution < -0.4 is 5.32 Å². The summed E-state index contributed by atoms with van der Waals surface area (Å²) in [7, 11) is 0. The van der Waals surface area contributed by atoms with Crippen LogP contribution in [0.2, 0.25) is 0 Å². The summed E-state index contributed by atoms with van der Waals surface area (Å²) in [5.74, 6) is 1.05. The summed E-state index contributed by atoms with van der Waals surface area (Å²) in [6.45, 7) is 6.49. The van der Waals surface area contributed by atoms with Crippen LogP contribution in [0.5, 0.6) is 0 Å². The Morgan fingerprint density at radius 2 is 2.35 bits per heavy atom. The lowest BCUT2D eigenvalue weighted by Gasteiger charge is -2.12. The molecule has 0 bridgehead atoms. The Kier molecular flexibility index (Phi) is 4.14. The highest BCUT2D eigenvalue weighted by atomic mass is 16.5. The first-order chi connectivity index (χ1) is 8.25. The molecule has 1 aromatic heterocycles. The average Bonchev–Trinajstić information content (AvgIpc) is 2.79. The Morgan fingerprint density at radius 1 is 1.47 bits per heavy atom. The van der Waals surface area contributed by atoms with E-state index in [9.17, 15) is 0 Å². The van der Waals surface area contributed by atoms with Gasteiger partial charge in [0.2, 0.25) is 0 Å². The number of anilines is 1. The van der Waals surface area contributed by atoms with Crippen molar-refractivity contribution in [3.63, 3.8) is 0 Å². The van der Waals surface area contributed by atoms with Gasteiger partial charge in [-0.05, 0) is 12.8 Å². The van der Waals surface area contributed by atoms with Gasteiger partial charge in [0.15, 0.2) is 5.82 Å². The van der Waals surface area contributed by atoms with Crippen molar-refractivity contribution in [3.05, 3.63) is 17.5 Å². The molecule has 5 nitrogen and oxygen atoms in total. The van der Waals surface area contributed by atoms with E-state index in [0.717, 1.165) is 38.4 Å². The minimum absolute atomic E-state index is 0.299. The minimum atomic E-state index is 0.299. The molecule has 1 N–H and O–H groups in total. The molecule has 0 saturated carbocycles. The number of hydrogen-bond donors (Lipinski definition) is 1. The first-order valence-electron chi connectivity index (χ1n) is 6.09. The molecule has 94 valence electrons. The van der Waals surface area contributed by atoms with Gasteiger partial charge in [0, 0.05) is 12.5 Å². The molecule has 0 fully saturated rings. The van der Waals surface area contributed by atoms with Gasteiger partial charge in [-0.1, -0.05) is 30.7 Å². The predicted octanol–water partition coefficient (Wildman–Crippen LogP) is 2.34. The molecule has 5 heteroatoms. The van der Waals surface area contributed by atoms with Gasteiger partial charge in [0.1, 0.15) is 0 Å². The van der Waals surface area contributed by atoms with Gasteiger partial charge in [0.25, 0.3) is 0 Å². The summed E-state index contributed by atoms with van der Waals surface area (Å²) in [5, 5.41) is 7.04. The van der Waals surface area contributed by atoms with E-state index < -0.39 is 0 Å². The first-order valence-corrected chi connectivity index (χ1v) is 6.09. The summed E-state index contributed by atoms with van der Waals surface area (Å²) in [5.41, 5.74) is 1.44. The van der Waals surface area contributed by atoms with E-state index in [1.807, 2.05) is 13.8 Å². The molecule has 0 aromatic carbocycles. The molecule has 0 radical (unpaired) electrons. The molecule has 2 rings (SSSR count). The van der Waals surface area contributed by atoms with Crippen molar-refractivity contribution in [1.29, 1.82) is 0 Å². The van der Waals surface area contributed by atoms with Crippen LogP contribution in [0.1, 0.15) is 38.4 Å². The van der Waals surface area contributed by atoms with Crippen LogP contribution in [0.25, 0.3) is 0 Å². The molecule has 2 heterocycles. The fourth-order valence-corrected chi connectivity index (χ4v) is 1.66. The lowest BCUT2D eigenvalue weighted by molar-refractivity contribution is 0.153. The zero-order valence-electron chi connectivity index (χ0n) is 10.4. The van der Waals surface area contributed by atoms with E-state index in [1.165, 1.54) is 5.57 Å². The summed E-state index contributed by atoms with van der Waals surface area (Å²) < 4.78 is 10.4. The molecule has 1 aliphatic rings. The van der Waals surface area contributed by atoms with Crippen molar-refractivity contribution < 1.29 is 9.26 Å². The molecule has 0 saturated heterocycles. The van der Waals surface area contributed by atoms with Crippen LogP contribution in [0.4, 0.5) is 6.01 Å². The summed E-state index contributed by atoms with van der Waals surface area (Å²) in [6.07, 6.45) is 4.18. The summed E-state index contributed by atoms with van der Waals surface area (Å²) in [4.78, 5) is 4.26. The molecule has 0 amide bonds. The third-order valence-corrected chi connectivity index (χ3v) is 2.74. The molecule has 0 unspecified atom stereocenters. The maximum Gasteiger partial charge on any atom is 0.321 e. The van der Waals surface area contributed by atoms with Crippen LogP contribution in [0.3, 0.4) is 0 Å². The standard InChI is InChI=1S/C12H19N3O2/c1-9(2)11-14-12(17-15-11)13-6-3-10-4-7-16-8-5-10/h4,9H,3,5-8H2,1-2H3,(H,13,14,15). The number of nitrogens with one attached hydrogen (secondary N) is 1. The van der Waals surface area contributed by atoms with Gasteiger partial charge < -0.3 is 14.6 Å². The predicted molar refractivity (Wildman–Crippen MR) is 65.0 cm³/mol. The number of aromatic nitrogens is 2. The maximum atomic E-state index is 5.26. The average molecular weight is 237 g/mol. The van der Waals surface area contributed by atoms with Gasteiger partial charge in [0.05, 0.1) is 13.2 Å². The third-order valence-electron chi connectivity index (χ3n) is 2.74. The monoisotopic (exact) mass is 237 g/mol. The van der Waals surface area contributed by atoms with Crippen molar-refractivity contribution in [2.75, 3.05) is 25.1 Å². The van der Waals surface area contributed by atoms with Crippen molar-refractivity contribution >= 4 is 6.01 Å². The molecule has 1 aliphatic heterocycles. The second-order valence-electron chi connectivity index (χ2n) is 4.48. The molecule has 1 aromatic rings. The molecule has 0 spiro atoms. The normalized spacial score (nSPS) is 16.1. The Bertz CT molecular complexity index is 385. The van der Waals surface area contributed by atoms with Crippen molar-refractivity contribution in [3.8, 4) is 0 Å². The Morgan fingerprint density at radius 3 is 3.00 bits per heavy atom. The zero-order chi connectivity index (χ0) is 12.1. The summed E-state index contributed by atoms with van der Waals surface area (Å²) >= 11 is 0. The molecular formula is C12H19N3O2. The van der Waals surface area contributed by atoms with E-state index in [0.29, 0.717) is 11.9 Å². The second kappa shape index (κ2) is 5.82. The summed E-state index contributed by atoms with van der Waals surface area (Å²) in [6, 6.07) is 0.515. The van der Waals surface area contributed by atoms with Crippen LogP contribution in [0, 0.1) is 0 Å². The molecular weight excluding hydrogens is 218 g/mol. The van der Waals surface area contributed by atoms with Crippen LogP contribution in [0.15, 0.2) is 16.2 Å². The molecule has 17 heavy (non-hydrogen) atoms. The topological polar surface area (TPSA) is 60.2 Å². The highest BCUT2D eigenvalue weighted by Gasteiger charge is 2.09. The van der Waals surface area contributed by atoms with Crippen LogP contribution >= 0.6 is 0 Å². The van der Waals surface area contributed by atoms with Gasteiger partial charge >= 0.3 is 6.01 Å². The lowest BCUT2D eigenvalue weighted by Crippen LogP contribution is -2.09.